The molecular weight excluding hydrogens is 216 g/mol. The number of nitro groups is 1. The molecule has 82 valence electrons. The molecule has 0 spiro atoms. The molecule has 0 amide bonds. The molecule has 1 heterocycles. The van der Waals surface area contributed by atoms with Crippen LogP contribution in [0.25, 0.3) is 21.7 Å². The van der Waals surface area contributed by atoms with Gasteiger partial charge in [-0.3, -0.25) is 15.1 Å². The van der Waals surface area contributed by atoms with Gasteiger partial charge in [-0.15, -0.1) is 0 Å². The molecule has 17 heavy (non-hydrogen) atoms. The Morgan fingerprint density at radius 2 is 1.88 bits per heavy atom. The highest BCUT2D eigenvalue weighted by Gasteiger charge is 2.08. The van der Waals surface area contributed by atoms with Crippen LogP contribution in [0.1, 0.15) is 0 Å². The lowest BCUT2D eigenvalue weighted by molar-refractivity contribution is -0.384. The molecule has 0 aliphatic rings. The first-order valence-corrected chi connectivity index (χ1v) is 5.17. The summed E-state index contributed by atoms with van der Waals surface area (Å²) in [6.07, 6.45) is 1.78. The summed E-state index contributed by atoms with van der Waals surface area (Å²) in [5, 5.41) is 13.6. The standard InChI is InChI=1S/C13H8N2O2/c16-15(17)10-5-6-13-12(7-10)11-4-2-1-3-9(11)8-14-13/h1-8H. The molecule has 0 saturated carbocycles. The van der Waals surface area contributed by atoms with Gasteiger partial charge in [0.15, 0.2) is 0 Å². The average Bonchev–Trinajstić information content (AvgIpc) is 2.38. The van der Waals surface area contributed by atoms with Crippen molar-refractivity contribution >= 4 is 27.4 Å². The molecule has 3 aromatic rings. The second-order valence-electron chi connectivity index (χ2n) is 3.80. The number of hydrogen-bond acceptors (Lipinski definition) is 3. The zero-order valence-corrected chi connectivity index (χ0v) is 8.83. The van der Waals surface area contributed by atoms with Crippen LogP contribution in [0.4, 0.5) is 5.69 Å². The molecule has 0 aliphatic carbocycles. The first-order chi connectivity index (χ1) is 8.25. The summed E-state index contributed by atoms with van der Waals surface area (Å²) in [6.45, 7) is 0. The molecular formula is C13H8N2O2. The van der Waals surface area contributed by atoms with Crippen molar-refractivity contribution in [2.75, 3.05) is 0 Å². The first kappa shape index (κ1) is 9.72. The number of pyridine rings is 1. The molecule has 1 aromatic heterocycles. The SMILES string of the molecule is O=[N+]([O-])c1ccc2ncc3ccccc3c2c1. The normalized spacial score (nSPS) is 10.8. The number of hydrogen-bond donors (Lipinski definition) is 0. The van der Waals surface area contributed by atoms with E-state index >= 15 is 0 Å². The van der Waals surface area contributed by atoms with Crippen LogP contribution < -0.4 is 0 Å². The third kappa shape index (κ3) is 1.50. The highest BCUT2D eigenvalue weighted by molar-refractivity contribution is 6.05. The number of rotatable bonds is 1. The van der Waals surface area contributed by atoms with Crippen molar-refractivity contribution in [2.45, 2.75) is 0 Å². The lowest BCUT2D eigenvalue weighted by Gasteiger charge is -2.02. The van der Waals surface area contributed by atoms with Gasteiger partial charge in [-0.25, -0.2) is 0 Å². The van der Waals surface area contributed by atoms with Crippen molar-refractivity contribution in [2.24, 2.45) is 0 Å². The van der Waals surface area contributed by atoms with Crippen LogP contribution in [0.3, 0.4) is 0 Å². The van der Waals surface area contributed by atoms with Crippen LogP contribution in [0.2, 0.25) is 0 Å². The third-order valence-electron chi connectivity index (χ3n) is 2.78. The van der Waals surface area contributed by atoms with Crippen LogP contribution in [0.15, 0.2) is 48.7 Å². The van der Waals surface area contributed by atoms with E-state index in [2.05, 4.69) is 4.98 Å². The van der Waals surface area contributed by atoms with Crippen LogP contribution in [-0.4, -0.2) is 9.91 Å². The molecule has 2 aromatic carbocycles. The summed E-state index contributed by atoms with van der Waals surface area (Å²) < 4.78 is 0. The fraction of sp³-hybridized carbons (Fsp3) is 0. The highest BCUT2D eigenvalue weighted by Crippen LogP contribution is 2.26. The molecule has 4 nitrogen and oxygen atoms in total. The molecule has 0 unspecified atom stereocenters. The largest absolute Gasteiger partial charge is 0.270 e. The van der Waals surface area contributed by atoms with E-state index < -0.39 is 0 Å². The second-order valence-corrected chi connectivity index (χ2v) is 3.80. The Labute approximate surface area is 96.7 Å². The minimum absolute atomic E-state index is 0.0932. The maximum atomic E-state index is 10.8. The zero-order valence-electron chi connectivity index (χ0n) is 8.83. The molecule has 0 aliphatic heterocycles. The maximum Gasteiger partial charge on any atom is 0.270 e. The van der Waals surface area contributed by atoms with Gasteiger partial charge in [0, 0.05) is 29.1 Å². The van der Waals surface area contributed by atoms with E-state index in [0.717, 1.165) is 21.7 Å². The number of nitro benzene ring substituents is 1. The van der Waals surface area contributed by atoms with Gasteiger partial charge in [0.05, 0.1) is 10.4 Å². The number of aromatic nitrogens is 1. The Hall–Kier alpha value is -2.49. The summed E-state index contributed by atoms with van der Waals surface area (Å²) in [6, 6.07) is 12.5. The van der Waals surface area contributed by atoms with Crippen molar-refractivity contribution < 1.29 is 4.92 Å². The first-order valence-electron chi connectivity index (χ1n) is 5.17. The average molecular weight is 224 g/mol. The topological polar surface area (TPSA) is 56.0 Å². The van der Waals surface area contributed by atoms with E-state index in [9.17, 15) is 10.1 Å². The van der Waals surface area contributed by atoms with E-state index in [1.54, 1.807) is 18.3 Å². The van der Waals surface area contributed by atoms with Gasteiger partial charge in [-0.05, 0) is 11.5 Å². The summed E-state index contributed by atoms with van der Waals surface area (Å²) in [7, 11) is 0. The molecule has 0 fully saturated rings. The molecule has 0 radical (unpaired) electrons. The minimum Gasteiger partial charge on any atom is -0.258 e. The number of non-ortho nitro benzene ring substituents is 1. The van der Waals surface area contributed by atoms with Crippen LogP contribution in [0.5, 0.6) is 0 Å². The van der Waals surface area contributed by atoms with Crippen molar-refractivity contribution in [3.8, 4) is 0 Å². The molecule has 0 bridgehead atoms. The van der Waals surface area contributed by atoms with Gasteiger partial charge in [-0.1, -0.05) is 24.3 Å². The van der Waals surface area contributed by atoms with E-state index in [0.29, 0.717) is 0 Å². The van der Waals surface area contributed by atoms with E-state index in [4.69, 9.17) is 0 Å². The Balaban J connectivity index is 2.46. The van der Waals surface area contributed by atoms with Gasteiger partial charge >= 0.3 is 0 Å². The van der Waals surface area contributed by atoms with E-state index in [1.165, 1.54) is 6.07 Å². The predicted octanol–water partition coefficient (Wildman–Crippen LogP) is 3.30. The fourth-order valence-corrected chi connectivity index (χ4v) is 1.96. The molecule has 0 N–H and O–H groups in total. The Morgan fingerprint density at radius 3 is 2.71 bits per heavy atom. The van der Waals surface area contributed by atoms with Gasteiger partial charge < -0.3 is 0 Å². The lowest BCUT2D eigenvalue weighted by atomic mass is 10.1. The Morgan fingerprint density at radius 1 is 1.06 bits per heavy atom. The second kappa shape index (κ2) is 3.52. The van der Waals surface area contributed by atoms with Gasteiger partial charge in [0.1, 0.15) is 0 Å². The Bertz CT molecular complexity index is 738. The molecule has 0 atom stereocenters. The molecule has 3 rings (SSSR count). The van der Waals surface area contributed by atoms with Crippen molar-refractivity contribution in [1.82, 2.24) is 4.98 Å². The molecule has 0 saturated heterocycles. The van der Waals surface area contributed by atoms with Crippen LogP contribution in [0, 0.1) is 10.1 Å². The van der Waals surface area contributed by atoms with Gasteiger partial charge in [0.2, 0.25) is 0 Å². The fourth-order valence-electron chi connectivity index (χ4n) is 1.96. The predicted molar refractivity (Wildman–Crippen MR) is 65.9 cm³/mol. The minimum atomic E-state index is -0.388. The van der Waals surface area contributed by atoms with E-state index in [-0.39, 0.29) is 10.6 Å². The monoisotopic (exact) mass is 224 g/mol. The van der Waals surface area contributed by atoms with Crippen molar-refractivity contribution in [1.29, 1.82) is 0 Å². The maximum absolute atomic E-state index is 10.8. The summed E-state index contributed by atoms with van der Waals surface area (Å²) >= 11 is 0. The summed E-state index contributed by atoms with van der Waals surface area (Å²) in [4.78, 5) is 14.7. The number of benzene rings is 2. The van der Waals surface area contributed by atoms with Gasteiger partial charge in [-0.2, -0.15) is 0 Å². The Kier molecular flexibility index (Phi) is 2.01. The number of nitrogens with zero attached hydrogens (tertiary/aromatic N) is 2. The van der Waals surface area contributed by atoms with Gasteiger partial charge in [0.25, 0.3) is 5.69 Å². The quantitative estimate of drug-likeness (QED) is 0.362. The van der Waals surface area contributed by atoms with Crippen LogP contribution in [-0.2, 0) is 0 Å². The highest BCUT2D eigenvalue weighted by atomic mass is 16.6. The van der Waals surface area contributed by atoms with Crippen molar-refractivity contribution in [3.63, 3.8) is 0 Å². The zero-order chi connectivity index (χ0) is 11.8. The number of fused-ring (bicyclic) bond motifs is 3. The lowest BCUT2D eigenvalue weighted by Crippen LogP contribution is -1.88. The summed E-state index contributed by atoms with van der Waals surface area (Å²) in [5.74, 6) is 0. The van der Waals surface area contributed by atoms with E-state index in [1.807, 2.05) is 24.3 Å². The summed E-state index contributed by atoms with van der Waals surface area (Å²) in [5.41, 5.74) is 0.866. The smallest absolute Gasteiger partial charge is 0.258 e. The molecule has 4 heteroatoms. The van der Waals surface area contributed by atoms with Crippen LogP contribution >= 0.6 is 0 Å². The van der Waals surface area contributed by atoms with Crippen molar-refractivity contribution in [3.05, 3.63) is 58.8 Å². The third-order valence-corrected chi connectivity index (χ3v) is 2.78.